The summed E-state index contributed by atoms with van der Waals surface area (Å²) in [6, 6.07) is 6.58. The van der Waals surface area contributed by atoms with Crippen LogP contribution in [0.2, 0.25) is 0 Å². The van der Waals surface area contributed by atoms with Crippen molar-refractivity contribution < 1.29 is 0 Å². The summed E-state index contributed by atoms with van der Waals surface area (Å²) >= 11 is 1.71. The lowest BCUT2D eigenvalue weighted by atomic mass is 10.2. The number of hydrogen-bond donors (Lipinski definition) is 1. The average molecular weight is 276 g/mol. The second kappa shape index (κ2) is 5.54. The van der Waals surface area contributed by atoms with Crippen molar-refractivity contribution in [1.82, 2.24) is 14.8 Å². The molecule has 2 N–H and O–H groups in total. The molecule has 1 aliphatic rings. The van der Waals surface area contributed by atoms with Gasteiger partial charge in [-0.1, -0.05) is 6.07 Å². The van der Waals surface area contributed by atoms with Gasteiger partial charge in [-0.05, 0) is 24.7 Å². The van der Waals surface area contributed by atoms with Crippen molar-refractivity contribution in [1.29, 1.82) is 0 Å². The van der Waals surface area contributed by atoms with Gasteiger partial charge in [0.15, 0.2) is 0 Å². The molecule has 0 atom stereocenters. The summed E-state index contributed by atoms with van der Waals surface area (Å²) in [5.74, 6) is 0. The summed E-state index contributed by atoms with van der Waals surface area (Å²) in [6.07, 6.45) is 0. The largest absolute Gasteiger partial charge is 0.325 e. The molecule has 1 aromatic carbocycles. The second-order valence-corrected chi connectivity index (χ2v) is 6.31. The molecule has 0 saturated carbocycles. The fourth-order valence-electron chi connectivity index (χ4n) is 2.47. The lowest BCUT2D eigenvalue weighted by molar-refractivity contribution is 0.148. The van der Waals surface area contributed by atoms with Crippen molar-refractivity contribution in [3.05, 3.63) is 28.8 Å². The monoisotopic (exact) mass is 276 g/mol. The Hall–Kier alpha value is -1.01. The number of fused-ring (bicyclic) bond motifs is 1. The van der Waals surface area contributed by atoms with Crippen LogP contribution in [0.25, 0.3) is 10.2 Å². The Bertz CT molecular complexity index is 558. The average Bonchev–Trinajstić information content (AvgIpc) is 2.83. The van der Waals surface area contributed by atoms with E-state index in [0.29, 0.717) is 6.54 Å². The number of likely N-dealkylation sites (N-methyl/N-ethyl adjacent to an activating group) is 1. The fraction of sp³-hybridized carbons (Fsp3) is 0.500. The first-order valence-electron chi connectivity index (χ1n) is 6.74. The van der Waals surface area contributed by atoms with Gasteiger partial charge in [-0.25, -0.2) is 4.98 Å². The highest BCUT2D eigenvalue weighted by atomic mass is 32.1. The zero-order valence-corrected chi connectivity index (χ0v) is 12.1. The molecule has 0 amide bonds. The van der Waals surface area contributed by atoms with E-state index in [1.807, 2.05) is 0 Å². The molecule has 1 saturated heterocycles. The molecule has 1 aromatic heterocycles. The standard InChI is InChI=1S/C14H20N4S/c1-17-4-6-18(7-5-17)10-11-2-3-12-13(8-11)19-14(9-15)16-12/h2-3,8H,4-7,9-10,15H2,1H3. The quantitative estimate of drug-likeness (QED) is 0.923. The van der Waals surface area contributed by atoms with Crippen LogP contribution in [-0.4, -0.2) is 48.0 Å². The number of rotatable bonds is 3. The lowest BCUT2D eigenvalue weighted by Crippen LogP contribution is -2.43. The van der Waals surface area contributed by atoms with Crippen molar-refractivity contribution >= 4 is 21.6 Å². The van der Waals surface area contributed by atoms with E-state index in [2.05, 4.69) is 40.0 Å². The van der Waals surface area contributed by atoms with Crippen molar-refractivity contribution in [2.75, 3.05) is 33.2 Å². The maximum Gasteiger partial charge on any atom is 0.107 e. The van der Waals surface area contributed by atoms with Crippen LogP contribution in [0.3, 0.4) is 0 Å². The first-order chi connectivity index (χ1) is 9.24. The Morgan fingerprint density at radius 1 is 1.26 bits per heavy atom. The van der Waals surface area contributed by atoms with Gasteiger partial charge in [-0.3, -0.25) is 4.90 Å². The molecule has 5 heteroatoms. The van der Waals surface area contributed by atoms with Gasteiger partial charge in [0.2, 0.25) is 0 Å². The Morgan fingerprint density at radius 2 is 2.05 bits per heavy atom. The minimum Gasteiger partial charge on any atom is -0.325 e. The lowest BCUT2D eigenvalue weighted by Gasteiger charge is -2.32. The second-order valence-electron chi connectivity index (χ2n) is 5.19. The minimum atomic E-state index is 0.535. The van der Waals surface area contributed by atoms with Gasteiger partial charge in [-0.2, -0.15) is 0 Å². The van der Waals surface area contributed by atoms with Crippen molar-refractivity contribution in [3.63, 3.8) is 0 Å². The normalized spacial score (nSPS) is 18.2. The van der Waals surface area contributed by atoms with Crippen LogP contribution in [0.5, 0.6) is 0 Å². The van der Waals surface area contributed by atoms with E-state index in [1.54, 1.807) is 11.3 Å². The molecule has 0 bridgehead atoms. The summed E-state index contributed by atoms with van der Waals surface area (Å²) in [7, 11) is 2.19. The Balaban J connectivity index is 1.74. The van der Waals surface area contributed by atoms with Crippen molar-refractivity contribution in [2.24, 2.45) is 5.73 Å². The van der Waals surface area contributed by atoms with Gasteiger partial charge < -0.3 is 10.6 Å². The van der Waals surface area contributed by atoms with E-state index in [9.17, 15) is 0 Å². The molecule has 2 aromatic rings. The van der Waals surface area contributed by atoms with Crippen LogP contribution < -0.4 is 5.73 Å². The van der Waals surface area contributed by atoms with Crippen LogP contribution in [0, 0.1) is 0 Å². The number of piperazine rings is 1. The van der Waals surface area contributed by atoms with Gasteiger partial charge in [0.05, 0.1) is 10.2 Å². The van der Waals surface area contributed by atoms with Gasteiger partial charge in [-0.15, -0.1) is 11.3 Å². The Morgan fingerprint density at radius 3 is 2.79 bits per heavy atom. The van der Waals surface area contributed by atoms with E-state index >= 15 is 0 Å². The molecular formula is C14H20N4S. The van der Waals surface area contributed by atoms with Crippen LogP contribution in [0.15, 0.2) is 18.2 Å². The molecule has 19 heavy (non-hydrogen) atoms. The molecule has 102 valence electrons. The molecule has 2 heterocycles. The summed E-state index contributed by atoms with van der Waals surface area (Å²) in [5, 5.41) is 1.02. The highest BCUT2D eigenvalue weighted by molar-refractivity contribution is 7.18. The van der Waals surface area contributed by atoms with E-state index in [4.69, 9.17) is 5.73 Å². The number of aromatic nitrogens is 1. The predicted octanol–water partition coefficient (Wildman–Crippen LogP) is 1.50. The van der Waals surface area contributed by atoms with Crippen LogP contribution in [0.4, 0.5) is 0 Å². The molecule has 0 unspecified atom stereocenters. The highest BCUT2D eigenvalue weighted by Gasteiger charge is 2.14. The first-order valence-corrected chi connectivity index (χ1v) is 7.55. The van der Waals surface area contributed by atoms with Gasteiger partial charge in [0, 0.05) is 39.3 Å². The van der Waals surface area contributed by atoms with Crippen LogP contribution >= 0.6 is 11.3 Å². The SMILES string of the molecule is CN1CCN(Cc2ccc3nc(CN)sc3c2)CC1. The van der Waals surface area contributed by atoms with Crippen LogP contribution in [0.1, 0.15) is 10.6 Å². The molecule has 0 aliphatic carbocycles. The zero-order chi connectivity index (χ0) is 13.2. The number of thiazole rings is 1. The summed E-state index contributed by atoms with van der Waals surface area (Å²) in [4.78, 5) is 9.41. The third-order valence-electron chi connectivity index (χ3n) is 3.67. The Labute approximate surface area is 117 Å². The molecule has 3 rings (SSSR count). The maximum atomic E-state index is 5.65. The fourth-order valence-corrected chi connectivity index (χ4v) is 3.38. The molecule has 0 radical (unpaired) electrons. The number of hydrogen-bond acceptors (Lipinski definition) is 5. The predicted molar refractivity (Wildman–Crippen MR) is 80.3 cm³/mol. The van der Waals surface area contributed by atoms with E-state index < -0.39 is 0 Å². The van der Waals surface area contributed by atoms with E-state index in [-0.39, 0.29) is 0 Å². The van der Waals surface area contributed by atoms with Crippen LogP contribution in [-0.2, 0) is 13.1 Å². The molecule has 4 nitrogen and oxygen atoms in total. The van der Waals surface area contributed by atoms with Crippen molar-refractivity contribution in [2.45, 2.75) is 13.1 Å². The maximum absolute atomic E-state index is 5.65. The minimum absolute atomic E-state index is 0.535. The number of nitrogens with zero attached hydrogens (tertiary/aromatic N) is 3. The number of nitrogens with two attached hydrogens (primary N) is 1. The first kappa shape index (κ1) is 13.0. The van der Waals surface area contributed by atoms with Gasteiger partial charge in [0.25, 0.3) is 0 Å². The molecule has 1 aliphatic heterocycles. The number of benzene rings is 1. The van der Waals surface area contributed by atoms with Crippen molar-refractivity contribution in [3.8, 4) is 0 Å². The Kier molecular flexibility index (Phi) is 3.79. The smallest absolute Gasteiger partial charge is 0.107 e. The molecule has 0 spiro atoms. The molecular weight excluding hydrogens is 256 g/mol. The van der Waals surface area contributed by atoms with E-state index in [0.717, 1.165) is 30.2 Å². The third-order valence-corrected chi connectivity index (χ3v) is 4.71. The summed E-state index contributed by atoms with van der Waals surface area (Å²) in [5.41, 5.74) is 8.10. The van der Waals surface area contributed by atoms with Gasteiger partial charge in [0.1, 0.15) is 5.01 Å². The summed E-state index contributed by atoms with van der Waals surface area (Å²) in [6.45, 7) is 6.23. The zero-order valence-electron chi connectivity index (χ0n) is 11.3. The molecule has 1 fully saturated rings. The van der Waals surface area contributed by atoms with Gasteiger partial charge >= 0.3 is 0 Å². The third kappa shape index (κ3) is 2.95. The van der Waals surface area contributed by atoms with E-state index in [1.165, 1.54) is 23.4 Å². The topological polar surface area (TPSA) is 45.4 Å². The summed E-state index contributed by atoms with van der Waals surface area (Å²) < 4.78 is 1.26. The highest BCUT2D eigenvalue weighted by Crippen LogP contribution is 2.23.